The molecule has 1 aliphatic rings. The normalized spacial score (nSPS) is 22.6. The van der Waals surface area contributed by atoms with Crippen LogP contribution in [0.2, 0.25) is 0 Å². The van der Waals surface area contributed by atoms with E-state index in [1.165, 1.54) is 37.4 Å². The van der Waals surface area contributed by atoms with E-state index in [-0.39, 0.29) is 0 Å². The molecule has 0 aliphatic carbocycles. The fourth-order valence-corrected chi connectivity index (χ4v) is 3.49. The van der Waals surface area contributed by atoms with Crippen LogP contribution in [0.5, 0.6) is 0 Å². The van der Waals surface area contributed by atoms with Gasteiger partial charge >= 0.3 is 0 Å². The number of rotatable bonds is 5. The minimum Gasteiger partial charge on any atom is -0.316 e. The van der Waals surface area contributed by atoms with Gasteiger partial charge in [0.05, 0.1) is 5.51 Å². The molecule has 2 heterocycles. The smallest absolute Gasteiger partial charge is 0.0794 e. The molecule has 0 amide bonds. The van der Waals surface area contributed by atoms with Crippen LogP contribution in [0.3, 0.4) is 0 Å². The first kappa shape index (κ1) is 14.0. The maximum Gasteiger partial charge on any atom is 0.0794 e. The summed E-state index contributed by atoms with van der Waals surface area (Å²) in [5.41, 5.74) is 1.94. The molecule has 2 unspecified atom stereocenters. The Morgan fingerprint density at radius 3 is 2.89 bits per heavy atom. The van der Waals surface area contributed by atoms with Crippen molar-refractivity contribution in [1.82, 2.24) is 15.2 Å². The molecule has 18 heavy (non-hydrogen) atoms. The van der Waals surface area contributed by atoms with E-state index < -0.39 is 0 Å². The molecular formula is C14H25N3S. The highest BCUT2D eigenvalue weighted by Gasteiger charge is 2.24. The van der Waals surface area contributed by atoms with Gasteiger partial charge in [-0.15, -0.1) is 11.3 Å². The highest BCUT2D eigenvalue weighted by atomic mass is 32.1. The maximum absolute atomic E-state index is 4.21. The Morgan fingerprint density at radius 2 is 2.33 bits per heavy atom. The molecule has 1 aromatic heterocycles. The van der Waals surface area contributed by atoms with Crippen LogP contribution in [0.25, 0.3) is 0 Å². The van der Waals surface area contributed by atoms with Gasteiger partial charge in [-0.25, -0.2) is 0 Å². The summed E-state index contributed by atoms with van der Waals surface area (Å²) >= 11 is 1.77. The summed E-state index contributed by atoms with van der Waals surface area (Å²) in [7, 11) is 0. The molecule has 1 aliphatic heterocycles. The predicted octanol–water partition coefficient (Wildman–Crippen LogP) is 2.91. The number of thiazole rings is 1. The largest absolute Gasteiger partial charge is 0.316 e. The summed E-state index contributed by atoms with van der Waals surface area (Å²) in [6, 6.07) is 1.07. The van der Waals surface area contributed by atoms with E-state index >= 15 is 0 Å². The van der Waals surface area contributed by atoms with Crippen LogP contribution < -0.4 is 5.32 Å². The van der Waals surface area contributed by atoms with Crippen molar-refractivity contribution in [1.29, 1.82) is 0 Å². The Labute approximate surface area is 115 Å². The Balaban J connectivity index is 1.98. The lowest BCUT2D eigenvalue weighted by atomic mass is 9.97. The summed E-state index contributed by atoms with van der Waals surface area (Å²) in [6.45, 7) is 10.5. The van der Waals surface area contributed by atoms with Crippen molar-refractivity contribution >= 4 is 11.3 Å². The molecule has 2 rings (SSSR count). The van der Waals surface area contributed by atoms with E-state index in [9.17, 15) is 0 Å². The maximum atomic E-state index is 4.21. The van der Waals surface area contributed by atoms with Crippen LogP contribution in [0.4, 0.5) is 0 Å². The van der Waals surface area contributed by atoms with Crippen LogP contribution >= 0.6 is 11.3 Å². The van der Waals surface area contributed by atoms with Crippen LogP contribution in [0.15, 0.2) is 11.7 Å². The summed E-state index contributed by atoms with van der Waals surface area (Å²) in [5.74, 6) is 0.802. The van der Waals surface area contributed by atoms with E-state index in [1.807, 2.05) is 11.7 Å². The lowest BCUT2D eigenvalue weighted by Crippen LogP contribution is -2.42. The van der Waals surface area contributed by atoms with Gasteiger partial charge in [0.15, 0.2) is 0 Å². The van der Waals surface area contributed by atoms with E-state index in [4.69, 9.17) is 0 Å². The van der Waals surface area contributed by atoms with Gasteiger partial charge < -0.3 is 5.32 Å². The van der Waals surface area contributed by atoms with Gasteiger partial charge in [0, 0.05) is 29.7 Å². The van der Waals surface area contributed by atoms with Gasteiger partial charge in [0.2, 0.25) is 0 Å². The van der Waals surface area contributed by atoms with Crippen LogP contribution in [-0.4, -0.2) is 35.6 Å². The standard InChI is InChI=1S/C14H25N3S/c1-11(2)17(9-13-5-4-6-15-7-13)12(3)14-8-16-10-18-14/h8,10-13,15H,4-7,9H2,1-3H3. The van der Waals surface area contributed by atoms with Gasteiger partial charge in [-0.1, -0.05) is 0 Å². The van der Waals surface area contributed by atoms with Crippen molar-refractivity contribution in [2.75, 3.05) is 19.6 Å². The first-order valence-corrected chi connectivity index (χ1v) is 7.91. The Hall–Kier alpha value is -0.450. The van der Waals surface area contributed by atoms with E-state index in [0.29, 0.717) is 12.1 Å². The van der Waals surface area contributed by atoms with Crippen molar-refractivity contribution in [2.24, 2.45) is 5.92 Å². The molecule has 0 radical (unpaired) electrons. The number of piperidine rings is 1. The zero-order chi connectivity index (χ0) is 13.0. The Bertz CT molecular complexity index is 331. The minimum absolute atomic E-state index is 0.486. The summed E-state index contributed by atoms with van der Waals surface area (Å²) in [4.78, 5) is 8.21. The first-order chi connectivity index (χ1) is 8.68. The van der Waals surface area contributed by atoms with Gasteiger partial charge in [0.25, 0.3) is 0 Å². The third-order valence-corrected chi connectivity index (χ3v) is 4.84. The Kier molecular flexibility index (Phi) is 5.15. The molecular weight excluding hydrogens is 242 g/mol. The SMILES string of the molecule is CC(C)N(CC1CCCNC1)C(C)c1cncs1. The van der Waals surface area contributed by atoms with Crippen LogP contribution in [-0.2, 0) is 0 Å². The van der Waals surface area contributed by atoms with E-state index in [0.717, 1.165) is 5.92 Å². The summed E-state index contributed by atoms with van der Waals surface area (Å²) in [5, 5.41) is 3.52. The fourth-order valence-electron chi connectivity index (χ4n) is 2.79. The zero-order valence-electron chi connectivity index (χ0n) is 11.7. The molecule has 0 aromatic carbocycles. The minimum atomic E-state index is 0.486. The quantitative estimate of drug-likeness (QED) is 0.889. The molecule has 2 atom stereocenters. The van der Waals surface area contributed by atoms with Crippen molar-refractivity contribution in [3.8, 4) is 0 Å². The number of hydrogen-bond donors (Lipinski definition) is 1. The molecule has 3 nitrogen and oxygen atoms in total. The Morgan fingerprint density at radius 1 is 1.50 bits per heavy atom. The second-order valence-electron chi connectivity index (χ2n) is 5.58. The van der Waals surface area contributed by atoms with Gasteiger partial charge in [-0.05, 0) is 52.6 Å². The number of nitrogens with one attached hydrogen (secondary N) is 1. The van der Waals surface area contributed by atoms with E-state index in [2.05, 4.69) is 36.0 Å². The second kappa shape index (κ2) is 6.64. The topological polar surface area (TPSA) is 28.2 Å². The predicted molar refractivity (Wildman–Crippen MR) is 78.0 cm³/mol. The van der Waals surface area contributed by atoms with Crippen molar-refractivity contribution in [3.63, 3.8) is 0 Å². The monoisotopic (exact) mass is 267 g/mol. The lowest BCUT2D eigenvalue weighted by molar-refractivity contribution is 0.128. The summed E-state index contributed by atoms with van der Waals surface area (Å²) < 4.78 is 0. The van der Waals surface area contributed by atoms with Crippen LogP contribution in [0, 0.1) is 5.92 Å². The van der Waals surface area contributed by atoms with Crippen LogP contribution in [0.1, 0.15) is 44.5 Å². The average Bonchev–Trinajstić information content (AvgIpc) is 2.90. The average molecular weight is 267 g/mol. The molecule has 1 fully saturated rings. The van der Waals surface area contributed by atoms with Gasteiger partial charge in [0.1, 0.15) is 0 Å². The zero-order valence-corrected chi connectivity index (χ0v) is 12.5. The first-order valence-electron chi connectivity index (χ1n) is 7.03. The highest BCUT2D eigenvalue weighted by molar-refractivity contribution is 7.09. The molecule has 102 valence electrons. The van der Waals surface area contributed by atoms with Crippen molar-refractivity contribution < 1.29 is 0 Å². The third kappa shape index (κ3) is 3.53. The lowest BCUT2D eigenvalue weighted by Gasteiger charge is -2.36. The molecule has 0 bridgehead atoms. The van der Waals surface area contributed by atoms with Gasteiger partial charge in [-0.3, -0.25) is 9.88 Å². The van der Waals surface area contributed by atoms with E-state index in [1.54, 1.807) is 11.3 Å². The number of aromatic nitrogens is 1. The van der Waals surface area contributed by atoms with Gasteiger partial charge in [-0.2, -0.15) is 0 Å². The fraction of sp³-hybridized carbons (Fsp3) is 0.786. The highest BCUT2D eigenvalue weighted by Crippen LogP contribution is 2.27. The van der Waals surface area contributed by atoms with Crippen molar-refractivity contribution in [2.45, 2.75) is 45.7 Å². The second-order valence-corrected chi connectivity index (χ2v) is 6.50. The third-order valence-electron chi connectivity index (χ3n) is 3.89. The molecule has 1 saturated heterocycles. The number of nitrogens with zero attached hydrogens (tertiary/aromatic N) is 2. The van der Waals surface area contributed by atoms with Crippen molar-refractivity contribution in [3.05, 3.63) is 16.6 Å². The molecule has 4 heteroatoms. The summed E-state index contributed by atoms with van der Waals surface area (Å²) in [6.07, 6.45) is 4.71. The molecule has 0 spiro atoms. The molecule has 1 aromatic rings. The number of hydrogen-bond acceptors (Lipinski definition) is 4. The molecule has 0 saturated carbocycles. The molecule has 1 N–H and O–H groups in total.